The molecule has 0 radical (unpaired) electrons. The molecule has 0 fully saturated rings. The first kappa shape index (κ1) is 21.2. The molecule has 4 aromatic rings. The summed E-state index contributed by atoms with van der Waals surface area (Å²) in [6.45, 7) is 8.73. The van der Waals surface area contributed by atoms with E-state index in [-0.39, 0.29) is 7.33 Å². The lowest BCUT2D eigenvalue weighted by Gasteiger charge is -2.04. The fourth-order valence-corrected chi connectivity index (χ4v) is 3.41. The molecule has 2 aromatic carbocycles. The van der Waals surface area contributed by atoms with Crippen molar-refractivity contribution >= 4 is 33.9 Å². The third-order valence-corrected chi connectivity index (χ3v) is 4.81. The Hall–Kier alpha value is -3.47. The van der Waals surface area contributed by atoms with Crippen LogP contribution in [0.25, 0.3) is 21.8 Å². The lowest BCUT2D eigenvalue weighted by Crippen LogP contribution is -2.19. The molecule has 1 amide bonds. The molecule has 5 heteroatoms. The van der Waals surface area contributed by atoms with Crippen molar-refractivity contribution in [2.24, 2.45) is 5.10 Å². The predicted octanol–water partition coefficient (Wildman–Crippen LogP) is 5.62. The number of aryl methyl sites for hydroxylation is 3. The summed E-state index contributed by atoms with van der Waals surface area (Å²) in [6, 6.07) is 16.2. The maximum Gasteiger partial charge on any atom is 0.241 e. The highest BCUT2D eigenvalue weighted by molar-refractivity contribution is 5.89. The fourth-order valence-electron chi connectivity index (χ4n) is 3.41. The molecule has 0 saturated heterocycles. The second kappa shape index (κ2) is 9.83. The zero-order chi connectivity index (χ0) is 21.5. The van der Waals surface area contributed by atoms with E-state index in [1.807, 2.05) is 57.3 Å². The summed E-state index contributed by atoms with van der Waals surface area (Å²) in [5.74, 6) is -0.106. The Bertz CT molecular complexity index is 1200. The van der Waals surface area contributed by atoms with Crippen LogP contribution in [0.4, 0.5) is 0 Å². The number of para-hydroxylation sites is 1. The predicted molar refractivity (Wildman–Crippen MR) is 127 cm³/mol. The van der Waals surface area contributed by atoms with E-state index < -0.39 is 0 Å². The van der Waals surface area contributed by atoms with Gasteiger partial charge in [-0.1, -0.05) is 38.1 Å². The lowest BCUT2D eigenvalue weighted by molar-refractivity contribution is -0.121. The van der Waals surface area contributed by atoms with Crippen LogP contribution >= 0.6 is 0 Å². The number of nitrogens with zero attached hydrogens (tertiary/aromatic N) is 3. The van der Waals surface area contributed by atoms with Crippen molar-refractivity contribution in [1.82, 2.24) is 15.0 Å². The molecule has 0 bridgehead atoms. The molecule has 0 spiro atoms. The molecule has 30 heavy (non-hydrogen) atoms. The monoisotopic (exact) mass is 402 g/mol. The Kier molecular flexibility index (Phi) is 6.96. The van der Waals surface area contributed by atoms with Crippen molar-refractivity contribution in [3.8, 4) is 0 Å². The molecule has 4 rings (SSSR count). The van der Waals surface area contributed by atoms with Crippen LogP contribution in [0.3, 0.4) is 0 Å². The van der Waals surface area contributed by atoms with Crippen molar-refractivity contribution in [2.45, 2.75) is 40.7 Å². The van der Waals surface area contributed by atoms with Crippen LogP contribution in [0, 0.1) is 13.8 Å². The lowest BCUT2D eigenvalue weighted by atomic mass is 10.1. The number of rotatable bonds is 5. The van der Waals surface area contributed by atoms with Crippen LogP contribution in [0.2, 0.25) is 0 Å². The summed E-state index contributed by atoms with van der Waals surface area (Å²) < 4.78 is 2.12. The maximum atomic E-state index is 12.2. The summed E-state index contributed by atoms with van der Waals surface area (Å²) in [4.78, 5) is 16.5. The van der Waals surface area contributed by atoms with Gasteiger partial charge >= 0.3 is 0 Å². The van der Waals surface area contributed by atoms with Crippen molar-refractivity contribution in [3.63, 3.8) is 0 Å². The van der Waals surface area contributed by atoms with Crippen molar-refractivity contribution in [1.29, 1.82) is 0 Å². The highest BCUT2D eigenvalue weighted by Gasteiger charge is 2.06. The number of aromatic nitrogens is 2. The molecule has 156 valence electrons. The van der Waals surface area contributed by atoms with E-state index in [9.17, 15) is 4.79 Å². The molecule has 0 aliphatic rings. The van der Waals surface area contributed by atoms with Crippen LogP contribution in [-0.2, 0) is 11.3 Å². The largest absolute Gasteiger partial charge is 0.347 e. The first-order valence-corrected chi connectivity index (χ1v) is 10.3. The van der Waals surface area contributed by atoms with Crippen LogP contribution < -0.4 is 5.43 Å². The molecular formula is C25H30N4O. The van der Waals surface area contributed by atoms with Gasteiger partial charge < -0.3 is 4.57 Å². The molecular weight excluding hydrogens is 372 g/mol. The van der Waals surface area contributed by atoms with Gasteiger partial charge in [0.15, 0.2) is 0 Å². The average Bonchev–Trinajstić information content (AvgIpc) is 3.09. The Morgan fingerprint density at radius 1 is 1.17 bits per heavy atom. The Labute approximate surface area is 178 Å². The molecule has 2 aromatic heterocycles. The fraction of sp³-hybridized carbons (Fsp3) is 0.240. The van der Waals surface area contributed by atoms with Gasteiger partial charge in [-0.3, -0.25) is 9.78 Å². The van der Waals surface area contributed by atoms with E-state index >= 15 is 0 Å². The Morgan fingerprint density at radius 3 is 2.80 bits per heavy atom. The summed E-state index contributed by atoms with van der Waals surface area (Å²) in [6.07, 6.45) is 5.98. The number of hydrogen-bond acceptors (Lipinski definition) is 3. The third kappa shape index (κ3) is 4.92. The van der Waals surface area contributed by atoms with Gasteiger partial charge in [0.1, 0.15) is 0 Å². The zero-order valence-corrected chi connectivity index (χ0v) is 18.0. The van der Waals surface area contributed by atoms with Crippen molar-refractivity contribution < 1.29 is 6.22 Å². The maximum absolute atomic E-state index is 12.2. The van der Waals surface area contributed by atoms with Crippen molar-refractivity contribution in [2.75, 3.05) is 0 Å². The van der Waals surface area contributed by atoms with Gasteiger partial charge in [-0.25, -0.2) is 5.43 Å². The normalized spacial score (nSPS) is 10.9. The smallest absolute Gasteiger partial charge is 0.241 e. The van der Waals surface area contributed by atoms with Gasteiger partial charge in [0.25, 0.3) is 0 Å². The first-order valence-electron chi connectivity index (χ1n) is 10.3. The zero-order valence-electron chi connectivity index (χ0n) is 18.0. The SMILES string of the molecule is CC.Cc1cnc2ccc(/C=N/NC(=O)CCn3cc(C)c4ccccc43)cc2c1.[HH]. The molecule has 1 N–H and O–H groups in total. The number of carbonyl (C=O) groups is 1. The minimum atomic E-state index is -0.106. The second-order valence-corrected chi connectivity index (χ2v) is 7.03. The second-order valence-electron chi connectivity index (χ2n) is 7.03. The van der Waals surface area contributed by atoms with E-state index in [2.05, 4.69) is 51.4 Å². The molecule has 0 unspecified atom stereocenters. The minimum absolute atomic E-state index is 0. The number of carbonyl (C=O) groups excluding carboxylic acids is 1. The van der Waals surface area contributed by atoms with Gasteiger partial charge in [0.05, 0.1) is 11.7 Å². The van der Waals surface area contributed by atoms with Crippen molar-refractivity contribution in [3.05, 3.63) is 77.6 Å². The van der Waals surface area contributed by atoms with Crippen LogP contribution in [-0.4, -0.2) is 21.7 Å². The van der Waals surface area contributed by atoms with Gasteiger partial charge in [-0.15, -0.1) is 0 Å². The standard InChI is InChI=1S/C23H22N4O.C2H6.H2/c1-16-11-19-12-18(7-8-21(19)24-13-16)14-25-26-23(28)9-10-27-15-17(2)20-5-3-4-6-22(20)27;1-2;/h3-8,11-15H,9-10H2,1-2H3,(H,26,28);1-2H3;1H/b25-14+;;. The van der Waals surface area contributed by atoms with Gasteiger partial charge in [0.2, 0.25) is 5.91 Å². The average molecular weight is 403 g/mol. The molecule has 0 atom stereocenters. The van der Waals surface area contributed by atoms with Gasteiger partial charge in [-0.2, -0.15) is 5.10 Å². The number of fused-ring (bicyclic) bond motifs is 2. The van der Waals surface area contributed by atoms with Crippen LogP contribution in [0.5, 0.6) is 0 Å². The van der Waals surface area contributed by atoms with E-state index in [4.69, 9.17) is 0 Å². The molecule has 2 heterocycles. The highest BCUT2D eigenvalue weighted by atomic mass is 16.2. The molecule has 0 aliphatic carbocycles. The number of hydrazone groups is 1. The van der Waals surface area contributed by atoms with Gasteiger partial charge in [0, 0.05) is 43.1 Å². The quantitative estimate of drug-likeness (QED) is 0.348. The minimum Gasteiger partial charge on any atom is -0.347 e. The summed E-state index contributed by atoms with van der Waals surface area (Å²) >= 11 is 0. The van der Waals surface area contributed by atoms with Crippen LogP contribution in [0.1, 0.15) is 38.4 Å². The van der Waals surface area contributed by atoms with Gasteiger partial charge in [-0.05, 0) is 54.8 Å². The summed E-state index contributed by atoms with van der Waals surface area (Å²) in [5.41, 5.74) is 7.97. The molecule has 0 aliphatic heterocycles. The van der Waals surface area contributed by atoms with Crippen LogP contribution in [0.15, 0.2) is 66.0 Å². The first-order chi connectivity index (χ1) is 14.6. The van der Waals surface area contributed by atoms with E-state index in [0.717, 1.165) is 27.5 Å². The van der Waals surface area contributed by atoms with E-state index in [0.29, 0.717) is 13.0 Å². The number of hydrogen-bond donors (Lipinski definition) is 1. The van der Waals surface area contributed by atoms with E-state index in [1.54, 1.807) is 6.21 Å². The summed E-state index contributed by atoms with van der Waals surface area (Å²) in [7, 11) is 0. The number of pyridine rings is 1. The third-order valence-electron chi connectivity index (χ3n) is 4.81. The molecule has 0 saturated carbocycles. The van der Waals surface area contributed by atoms with E-state index in [1.165, 1.54) is 10.9 Å². The number of benzene rings is 2. The number of amides is 1. The Balaban J connectivity index is 0.00000111. The summed E-state index contributed by atoms with van der Waals surface area (Å²) in [5, 5.41) is 6.38. The number of nitrogens with one attached hydrogen (secondary N) is 1. The highest BCUT2D eigenvalue weighted by Crippen LogP contribution is 2.20. The Morgan fingerprint density at radius 2 is 1.97 bits per heavy atom. The molecule has 5 nitrogen and oxygen atoms in total. The topological polar surface area (TPSA) is 59.3 Å².